The minimum atomic E-state index is -1.02. The molecule has 0 unspecified atom stereocenters. The quantitative estimate of drug-likeness (QED) is 0.183. The summed E-state index contributed by atoms with van der Waals surface area (Å²) in [4.78, 5) is 17.6. The van der Waals surface area contributed by atoms with E-state index in [0.717, 1.165) is 19.7 Å². The van der Waals surface area contributed by atoms with E-state index >= 15 is 0 Å². The maximum atomic E-state index is 5.09. The van der Waals surface area contributed by atoms with E-state index in [-0.39, 0.29) is 10.8 Å². The third kappa shape index (κ3) is 5.00. The number of hydrogen-bond donors (Lipinski definition) is 0. The zero-order valence-corrected chi connectivity index (χ0v) is 31.3. The first-order valence-electron chi connectivity index (χ1n) is 14.0. The molecule has 0 aliphatic carbocycles. The molecule has 7 heteroatoms. The summed E-state index contributed by atoms with van der Waals surface area (Å²) < 4.78 is 3.27. The second kappa shape index (κ2) is 9.88. The van der Waals surface area contributed by atoms with E-state index in [0.29, 0.717) is 0 Å². The number of aryl methyl sites for hydroxylation is 2. The summed E-state index contributed by atoms with van der Waals surface area (Å²) in [5.41, 5.74) is 8.72. The molecule has 4 aromatic heterocycles. The molecule has 0 saturated carbocycles. The van der Waals surface area contributed by atoms with Crippen LogP contribution in [0.3, 0.4) is 0 Å². The zero-order valence-electron chi connectivity index (χ0n) is 24.7. The summed E-state index contributed by atoms with van der Waals surface area (Å²) in [6.45, 7) is 18.2. The summed E-state index contributed by atoms with van der Waals surface area (Å²) in [5.74, 6) is 0. The van der Waals surface area contributed by atoms with Gasteiger partial charge in [0.15, 0.2) is 0 Å². The molecule has 0 saturated heterocycles. The monoisotopic (exact) mass is 711 g/mol. The first-order chi connectivity index (χ1) is 19.3. The third-order valence-corrected chi connectivity index (χ3v) is 17.6. The second-order valence-corrected chi connectivity index (χ2v) is 21.6. The number of rotatable bonds is 3. The van der Waals surface area contributed by atoms with Gasteiger partial charge in [-0.25, -0.2) is 0 Å². The van der Waals surface area contributed by atoms with Crippen LogP contribution in [0.1, 0.15) is 63.1 Å². The molecule has 2 aromatic carbocycles. The average molecular weight is 712 g/mol. The van der Waals surface area contributed by atoms with Gasteiger partial charge in [-0.05, 0) is 24.0 Å². The molecule has 0 fully saturated rings. The number of hydrogen-bond acceptors (Lipinski definition) is 6. The van der Waals surface area contributed by atoms with Gasteiger partial charge in [0.05, 0.1) is 0 Å². The molecule has 0 bridgehead atoms. The van der Waals surface area contributed by atoms with Gasteiger partial charge in [-0.3, -0.25) is 0 Å². The molecule has 7 rings (SSSR count). The van der Waals surface area contributed by atoms with E-state index < -0.39 is 22.9 Å². The van der Waals surface area contributed by atoms with Crippen molar-refractivity contribution >= 4 is 84.6 Å². The topological polar surface area (TPSA) is 25.8 Å². The maximum absolute atomic E-state index is 5.09. The normalized spacial score (nSPS) is 13.1. The van der Waals surface area contributed by atoms with Crippen molar-refractivity contribution in [1.82, 2.24) is 9.97 Å². The van der Waals surface area contributed by atoms with Crippen LogP contribution in [0.15, 0.2) is 48.5 Å². The fourth-order valence-electron chi connectivity index (χ4n) is 5.38. The van der Waals surface area contributed by atoms with Crippen molar-refractivity contribution in [1.29, 1.82) is 0 Å². The van der Waals surface area contributed by atoms with Gasteiger partial charge < -0.3 is 0 Å². The van der Waals surface area contributed by atoms with Crippen LogP contribution in [-0.2, 0) is 10.8 Å². The van der Waals surface area contributed by atoms with Crippen LogP contribution < -0.4 is 6.64 Å². The van der Waals surface area contributed by atoms with Crippen LogP contribution in [0.5, 0.6) is 0 Å². The van der Waals surface area contributed by atoms with Gasteiger partial charge in [-0.1, -0.05) is 20.8 Å². The Kier molecular flexibility index (Phi) is 6.75. The Labute approximate surface area is 269 Å². The fourth-order valence-corrected chi connectivity index (χ4v) is 14.9. The number of thiazole rings is 2. The van der Waals surface area contributed by atoms with E-state index in [4.69, 9.17) is 9.97 Å². The molecule has 6 aromatic rings. The van der Waals surface area contributed by atoms with Gasteiger partial charge in [-0.2, -0.15) is 0 Å². The minimum absolute atomic E-state index is 0.156. The van der Waals surface area contributed by atoms with Crippen molar-refractivity contribution in [3.8, 4) is 41.3 Å². The number of fused-ring (bicyclic) bond motifs is 4. The summed E-state index contributed by atoms with van der Waals surface area (Å²) >= 11 is 6.20. The van der Waals surface area contributed by atoms with E-state index in [9.17, 15) is 0 Å². The Hall–Kier alpha value is -1.77. The van der Waals surface area contributed by atoms with Crippen molar-refractivity contribution < 1.29 is 0 Å². The van der Waals surface area contributed by atoms with Crippen LogP contribution in [0.4, 0.5) is 0 Å². The van der Waals surface area contributed by atoms with Crippen LogP contribution in [-0.4, -0.2) is 32.9 Å². The van der Waals surface area contributed by atoms with Gasteiger partial charge in [0.25, 0.3) is 0 Å². The van der Waals surface area contributed by atoms with E-state index in [1.807, 2.05) is 22.7 Å². The summed E-state index contributed by atoms with van der Waals surface area (Å²) in [5, 5.41) is 2.20. The summed E-state index contributed by atoms with van der Waals surface area (Å²) in [6, 6.07) is 19.1. The van der Waals surface area contributed by atoms with Crippen LogP contribution in [0, 0.1) is 13.8 Å². The van der Waals surface area contributed by atoms with Crippen LogP contribution in [0.2, 0.25) is 0 Å². The van der Waals surface area contributed by atoms with Gasteiger partial charge in [-0.15, -0.1) is 11.3 Å². The molecular formula is C34H32InN2S4. The Morgan fingerprint density at radius 2 is 1.20 bits per heavy atom. The van der Waals surface area contributed by atoms with Crippen LogP contribution in [0.25, 0.3) is 51.0 Å². The molecule has 41 heavy (non-hydrogen) atoms. The molecule has 205 valence electrons. The first kappa shape index (κ1) is 28.0. The van der Waals surface area contributed by atoms with Crippen molar-refractivity contribution in [3.63, 3.8) is 0 Å². The molecule has 2 nitrogen and oxygen atoms in total. The van der Waals surface area contributed by atoms with Crippen molar-refractivity contribution in [2.75, 3.05) is 0 Å². The second-order valence-electron chi connectivity index (χ2n) is 13.1. The molecule has 1 aliphatic heterocycles. The average Bonchev–Trinajstić information content (AvgIpc) is 3.68. The molecule has 5 heterocycles. The van der Waals surface area contributed by atoms with Gasteiger partial charge >= 0.3 is 211 Å². The Morgan fingerprint density at radius 1 is 0.610 bits per heavy atom. The molecular weight excluding hydrogens is 679 g/mol. The predicted octanol–water partition coefficient (Wildman–Crippen LogP) is 9.72. The number of thiophene rings is 2. The molecule has 1 radical (unpaired) electrons. The first-order valence-corrected chi connectivity index (χ1v) is 20.5. The predicted molar refractivity (Wildman–Crippen MR) is 185 cm³/mol. The summed E-state index contributed by atoms with van der Waals surface area (Å²) in [6.07, 6.45) is 0. The van der Waals surface area contributed by atoms with Crippen molar-refractivity contribution in [3.05, 3.63) is 70.1 Å². The number of nitrogens with zero attached hydrogens (tertiary/aromatic N) is 2. The van der Waals surface area contributed by atoms with Gasteiger partial charge in [0.2, 0.25) is 0 Å². The molecule has 0 N–H and O–H groups in total. The van der Waals surface area contributed by atoms with E-state index in [1.54, 1.807) is 29.3 Å². The Bertz CT molecular complexity index is 1940. The molecule has 0 spiro atoms. The molecule has 1 aliphatic rings. The Balaban J connectivity index is 1.18. The summed E-state index contributed by atoms with van der Waals surface area (Å²) in [7, 11) is 0. The molecule has 0 amide bonds. The SMILES string of the molecule is Cc1cc(-c2ccc3[c](c2)[In][c]2cc(C(C)(C)C)ccc2-3)sc1-c1nc2sc(-c3sc(C(C)(C)C)cc3C)nc2s1. The number of benzene rings is 2. The van der Waals surface area contributed by atoms with Gasteiger partial charge in [0, 0.05) is 4.88 Å². The fraction of sp³-hybridized carbons (Fsp3) is 0.294. The molecule has 0 atom stereocenters. The standard InChI is InChI=1S/C34H32N2S4.In/c1-19-17-25(23-11-9-21(10-12-23)22-13-15-24(16-14-22)33(3,4)5)37-27(19)29-35-31-32(39-29)36-30(40-31)28-20(2)18-26(38-28)34(6,7)8;/h9,11-13,15-18H,1-8H3;. The van der Waals surface area contributed by atoms with Crippen molar-refractivity contribution in [2.45, 2.75) is 66.2 Å². The number of aromatic nitrogens is 2. The van der Waals surface area contributed by atoms with Crippen LogP contribution >= 0.6 is 45.3 Å². The van der Waals surface area contributed by atoms with Crippen molar-refractivity contribution in [2.24, 2.45) is 0 Å². The van der Waals surface area contributed by atoms with E-state index in [2.05, 4.69) is 104 Å². The van der Waals surface area contributed by atoms with Gasteiger partial charge in [0.1, 0.15) is 0 Å². The van der Waals surface area contributed by atoms with E-state index in [1.165, 1.54) is 52.9 Å². The Morgan fingerprint density at radius 3 is 1.80 bits per heavy atom. The zero-order chi connectivity index (χ0) is 28.8. The third-order valence-electron chi connectivity index (χ3n) is 7.79.